The van der Waals surface area contributed by atoms with Crippen molar-refractivity contribution < 1.29 is 14.6 Å². The van der Waals surface area contributed by atoms with E-state index in [1.165, 1.54) is 11.8 Å². The van der Waals surface area contributed by atoms with E-state index in [-0.39, 0.29) is 24.2 Å². The van der Waals surface area contributed by atoms with E-state index in [2.05, 4.69) is 4.98 Å². The summed E-state index contributed by atoms with van der Waals surface area (Å²) in [6.45, 7) is 3.77. The Labute approximate surface area is 178 Å². The summed E-state index contributed by atoms with van der Waals surface area (Å²) in [5, 5.41) is 22.7. The van der Waals surface area contributed by atoms with E-state index in [0.29, 0.717) is 0 Å². The maximum Gasteiger partial charge on any atom is 0.279 e. The van der Waals surface area contributed by atoms with Crippen LogP contribution in [0.5, 0.6) is 0 Å². The maximum atomic E-state index is 13.5. The van der Waals surface area contributed by atoms with Gasteiger partial charge in [0.05, 0.1) is 21.5 Å². The van der Waals surface area contributed by atoms with Gasteiger partial charge in [0.15, 0.2) is 0 Å². The Morgan fingerprint density at radius 1 is 1.00 bits per heavy atom. The molecule has 0 aliphatic heterocycles. The second-order valence-electron chi connectivity index (χ2n) is 7.10. The molecule has 0 saturated heterocycles. The molecule has 0 bridgehead atoms. The van der Waals surface area contributed by atoms with Gasteiger partial charge in [-0.15, -0.1) is 0 Å². The van der Waals surface area contributed by atoms with Crippen LogP contribution in [0.2, 0.25) is 0 Å². The lowest BCUT2D eigenvalue weighted by atomic mass is 10.0. The van der Waals surface area contributed by atoms with E-state index in [4.69, 9.17) is 0 Å². The molecule has 1 amide bonds. The number of carbonyl (C=O) groups excluding carboxylic acids is 1. The number of nitro groups is 2. The molecule has 0 spiro atoms. The van der Waals surface area contributed by atoms with Crippen LogP contribution >= 0.6 is 0 Å². The van der Waals surface area contributed by atoms with Crippen molar-refractivity contribution in [1.82, 2.24) is 9.88 Å². The molecule has 0 radical (unpaired) electrons. The number of aryl methyl sites for hydroxylation is 1. The molecule has 9 nitrogen and oxygen atoms in total. The summed E-state index contributed by atoms with van der Waals surface area (Å²) in [6.07, 6.45) is 3.24. The van der Waals surface area contributed by atoms with E-state index >= 15 is 0 Å². The lowest BCUT2D eigenvalue weighted by Gasteiger charge is -2.24. The fourth-order valence-corrected chi connectivity index (χ4v) is 3.28. The fraction of sp³-hybridized carbons (Fsp3) is 0.182. The number of amides is 1. The average Bonchev–Trinajstić information content (AvgIpc) is 2.74. The molecule has 1 heterocycles. The molecule has 1 aromatic heterocycles. The molecule has 0 aliphatic rings. The summed E-state index contributed by atoms with van der Waals surface area (Å²) in [7, 11) is 0. The van der Waals surface area contributed by atoms with E-state index in [9.17, 15) is 25.0 Å². The van der Waals surface area contributed by atoms with Gasteiger partial charge in [0.2, 0.25) is 0 Å². The van der Waals surface area contributed by atoms with Crippen LogP contribution in [0.4, 0.5) is 11.4 Å². The number of aromatic nitrogens is 1. The SMILES string of the molecule is Cc1ccccc1CN(Cc1cccnc1)C(=O)c1cc([N+](=O)[O-])cc([N+](=O)[O-])c1C. The third kappa shape index (κ3) is 4.89. The van der Waals surface area contributed by atoms with Crippen molar-refractivity contribution in [2.24, 2.45) is 0 Å². The fourth-order valence-electron chi connectivity index (χ4n) is 3.28. The van der Waals surface area contributed by atoms with E-state index in [1.54, 1.807) is 18.5 Å². The van der Waals surface area contributed by atoms with Gasteiger partial charge in [0, 0.05) is 37.1 Å². The Bertz CT molecular complexity index is 1150. The van der Waals surface area contributed by atoms with Crippen LogP contribution in [-0.2, 0) is 13.1 Å². The molecule has 2 aromatic carbocycles. The first-order chi connectivity index (χ1) is 14.8. The Hall–Kier alpha value is -4.14. The van der Waals surface area contributed by atoms with Crippen molar-refractivity contribution in [2.75, 3.05) is 0 Å². The number of hydrogen-bond acceptors (Lipinski definition) is 6. The summed E-state index contributed by atoms with van der Waals surface area (Å²) in [5.74, 6) is -0.531. The Balaban J connectivity index is 2.08. The van der Waals surface area contributed by atoms with Crippen LogP contribution in [0.15, 0.2) is 60.9 Å². The highest BCUT2D eigenvalue weighted by atomic mass is 16.6. The first-order valence-corrected chi connectivity index (χ1v) is 9.44. The third-order valence-corrected chi connectivity index (χ3v) is 5.01. The monoisotopic (exact) mass is 420 g/mol. The van der Waals surface area contributed by atoms with Gasteiger partial charge in [-0.05, 0) is 36.6 Å². The van der Waals surface area contributed by atoms with Crippen molar-refractivity contribution in [3.63, 3.8) is 0 Å². The number of hydrogen-bond donors (Lipinski definition) is 0. The van der Waals surface area contributed by atoms with Crippen LogP contribution < -0.4 is 0 Å². The molecule has 31 heavy (non-hydrogen) atoms. The highest BCUT2D eigenvalue weighted by Crippen LogP contribution is 2.29. The van der Waals surface area contributed by atoms with Gasteiger partial charge in [-0.3, -0.25) is 30.0 Å². The van der Waals surface area contributed by atoms with Crippen LogP contribution in [-0.4, -0.2) is 25.6 Å². The van der Waals surface area contributed by atoms with Gasteiger partial charge >= 0.3 is 0 Å². The Morgan fingerprint density at radius 2 is 1.74 bits per heavy atom. The van der Waals surface area contributed by atoms with Crippen LogP contribution in [0.25, 0.3) is 0 Å². The van der Waals surface area contributed by atoms with E-state index in [0.717, 1.165) is 28.8 Å². The predicted molar refractivity (Wildman–Crippen MR) is 113 cm³/mol. The Kier molecular flexibility index (Phi) is 6.35. The number of nitro benzene ring substituents is 2. The van der Waals surface area contributed by atoms with Gasteiger partial charge in [0.25, 0.3) is 17.3 Å². The lowest BCUT2D eigenvalue weighted by Crippen LogP contribution is -2.31. The molecule has 0 aliphatic carbocycles. The number of rotatable bonds is 7. The minimum Gasteiger partial charge on any atom is -0.330 e. The van der Waals surface area contributed by atoms with Gasteiger partial charge in [-0.1, -0.05) is 30.3 Å². The summed E-state index contributed by atoms with van der Waals surface area (Å²) >= 11 is 0. The quantitative estimate of drug-likeness (QED) is 0.414. The first kappa shape index (κ1) is 21.6. The number of non-ortho nitro benzene ring substituents is 1. The topological polar surface area (TPSA) is 119 Å². The van der Waals surface area contributed by atoms with Crippen molar-refractivity contribution in [2.45, 2.75) is 26.9 Å². The van der Waals surface area contributed by atoms with E-state index < -0.39 is 27.1 Å². The van der Waals surface area contributed by atoms with E-state index in [1.807, 2.05) is 37.3 Å². The van der Waals surface area contributed by atoms with Gasteiger partial charge in [-0.2, -0.15) is 0 Å². The molecule has 0 atom stereocenters. The zero-order valence-corrected chi connectivity index (χ0v) is 17.0. The molecular weight excluding hydrogens is 400 g/mol. The molecule has 3 rings (SSSR count). The molecule has 3 aromatic rings. The van der Waals surface area contributed by atoms with Crippen molar-refractivity contribution >= 4 is 17.3 Å². The highest BCUT2D eigenvalue weighted by molar-refractivity contribution is 5.97. The average molecular weight is 420 g/mol. The minimum absolute atomic E-state index is 0.0709. The molecule has 0 unspecified atom stereocenters. The van der Waals surface area contributed by atoms with Gasteiger partial charge in [-0.25, -0.2) is 0 Å². The number of pyridine rings is 1. The highest BCUT2D eigenvalue weighted by Gasteiger charge is 2.27. The molecule has 0 saturated carbocycles. The second kappa shape index (κ2) is 9.12. The number of nitrogens with zero attached hydrogens (tertiary/aromatic N) is 4. The summed E-state index contributed by atoms with van der Waals surface area (Å²) in [6, 6.07) is 13.1. The van der Waals surface area contributed by atoms with Crippen molar-refractivity contribution in [3.05, 3.63) is 109 Å². The molecular formula is C22H20N4O5. The molecule has 0 fully saturated rings. The standard InChI is InChI=1S/C22H20N4O5/c1-15-6-3-4-8-18(15)14-24(13-17-7-5-9-23-12-17)22(27)20-10-19(25(28)29)11-21(16(20)2)26(30)31/h3-12H,13-14H2,1-2H3. The normalized spacial score (nSPS) is 10.5. The smallest absolute Gasteiger partial charge is 0.279 e. The van der Waals surface area contributed by atoms with Crippen LogP contribution in [0.3, 0.4) is 0 Å². The Morgan fingerprint density at radius 3 is 2.35 bits per heavy atom. The number of benzene rings is 2. The lowest BCUT2D eigenvalue weighted by molar-refractivity contribution is -0.394. The zero-order chi connectivity index (χ0) is 22.5. The molecule has 158 valence electrons. The first-order valence-electron chi connectivity index (χ1n) is 9.44. The summed E-state index contributed by atoms with van der Waals surface area (Å²) in [4.78, 5) is 40.3. The van der Waals surface area contributed by atoms with Crippen LogP contribution in [0, 0.1) is 34.1 Å². The van der Waals surface area contributed by atoms with Crippen LogP contribution in [0.1, 0.15) is 32.6 Å². The van der Waals surface area contributed by atoms with Gasteiger partial charge in [0.1, 0.15) is 0 Å². The molecule has 0 N–H and O–H groups in total. The largest absolute Gasteiger partial charge is 0.330 e. The molecule has 9 heteroatoms. The predicted octanol–water partition coefficient (Wildman–Crippen LogP) is 4.36. The van der Waals surface area contributed by atoms with Crippen molar-refractivity contribution in [1.29, 1.82) is 0 Å². The summed E-state index contributed by atoms with van der Waals surface area (Å²) < 4.78 is 0. The number of carbonyl (C=O) groups is 1. The minimum atomic E-state index is -0.740. The summed E-state index contributed by atoms with van der Waals surface area (Å²) in [5.41, 5.74) is 1.69. The third-order valence-electron chi connectivity index (χ3n) is 5.01. The van der Waals surface area contributed by atoms with Crippen molar-refractivity contribution in [3.8, 4) is 0 Å². The second-order valence-corrected chi connectivity index (χ2v) is 7.10. The zero-order valence-electron chi connectivity index (χ0n) is 17.0. The van der Waals surface area contributed by atoms with Gasteiger partial charge < -0.3 is 4.90 Å². The maximum absolute atomic E-state index is 13.5.